The van der Waals surface area contributed by atoms with Gasteiger partial charge in [0.1, 0.15) is 11.6 Å². The third kappa shape index (κ3) is 3.74. The first-order valence-corrected chi connectivity index (χ1v) is 8.32. The van der Waals surface area contributed by atoms with Crippen molar-refractivity contribution in [3.05, 3.63) is 62.5 Å². The van der Waals surface area contributed by atoms with Gasteiger partial charge in [0.15, 0.2) is 0 Å². The number of fused-ring (bicyclic) bond motifs is 1. The standard InChI is InChI=1S/C16H12F3N3O3S/c1-2-12-21-22-13(23)7-11(20-15(22)26-12)8-25-14(24)9-3-5-10(6-4-9)16(17,18)19/h3-7H,2,8H2,1H3. The number of benzene rings is 1. The van der Waals surface area contributed by atoms with Gasteiger partial charge < -0.3 is 4.74 Å². The van der Waals surface area contributed by atoms with Crippen LogP contribution in [0.15, 0.2) is 35.1 Å². The van der Waals surface area contributed by atoms with Gasteiger partial charge in [-0.15, -0.1) is 0 Å². The van der Waals surface area contributed by atoms with Crippen molar-refractivity contribution in [2.24, 2.45) is 0 Å². The number of aryl methyl sites for hydroxylation is 1. The number of ether oxygens (including phenoxy) is 1. The summed E-state index contributed by atoms with van der Waals surface area (Å²) < 4.78 is 43.8. The first-order chi connectivity index (χ1) is 12.3. The Hall–Kier alpha value is -2.75. The Kier molecular flexibility index (Phi) is 4.77. The molecule has 1 aromatic carbocycles. The van der Waals surface area contributed by atoms with Crippen molar-refractivity contribution in [2.75, 3.05) is 0 Å². The molecule has 3 aromatic rings. The van der Waals surface area contributed by atoms with Crippen LogP contribution in [0.4, 0.5) is 13.2 Å². The summed E-state index contributed by atoms with van der Waals surface area (Å²) in [6, 6.07) is 4.88. The molecule has 26 heavy (non-hydrogen) atoms. The third-order valence-corrected chi connectivity index (χ3v) is 4.49. The zero-order valence-corrected chi connectivity index (χ0v) is 14.2. The van der Waals surface area contributed by atoms with E-state index in [0.29, 0.717) is 11.4 Å². The highest BCUT2D eigenvalue weighted by Gasteiger charge is 2.30. The number of nitrogens with zero attached hydrogens (tertiary/aromatic N) is 3. The normalized spacial score (nSPS) is 11.7. The summed E-state index contributed by atoms with van der Waals surface area (Å²) in [5.41, 5.74) is -1.04. The molecule has 10 heteroatoms. The topological polar surface area (TPSA) is 73.6 Å². The highest BCUT2D eigenvalue weighted by Crippen LogP contribution is 2.29. The van der Waals surface area contributed by atoms with Gasteiger partial charge in [0.25, 0.3) is 5.56 Å². The largest absolute Gasteiger partial charge is 0.456 e. The molecular formula is C16H12F3N3O3S. The SMILES string of the molecule is CCc1nn2c(=O)cc(COC(=O)c3ccc(C(F)(F)F)cc3)nc2s1. The van der Waals surface area contributed by atoms with Gasteiger partial charge in [0.2, 0.25) is 4.96 Å². The van der Waals surface area contributed by atoms with Crippen LogP contribution in [0.1, 0.15) is 33.5 Å². The number of rotatable bonds is 4. The second kappa shape index (κ2) is 6.87. The Morgan fingerprint density at radius 1 is 1.27 bits per heavy atom. The molecule has 0 fully saturated rings. The number of alkyl halides is 3. The Morgan fingerprint density at radius 2 is 1.96 bits per heavy atom. The van der Waals surface area contributed by atoms with Crippen molar-refractivity contribution in [1.29, 1.82) is 0 Å². The Bertz CT molecular complexity index is 1010. The zero-order chi connectivity index (χ0) is 18.9. The van der Waals surface area contributed by atoms with Crippen molar-refractivity contribution in [2.45, 2.75) is 26.1 Å². The van der Waals surface area contributed by atoms with Crippen LogP contribution in [0, 0.1) is 0 Å². The predicted octanol–water partition coefficient (Wildman–Crippen LogP) is 3.09. The van der Waals surface area contributed by atoms with Gasteiger partial charge >= 0.3 is 12.1 Å². The maximum absolute atomic E-state index is 12.5. The maximum Gasteiger partial charge on any atom is 0.416 e. The third-order valence-electron chi connectivity index (χ3n) is 3.44. The molecule has 0 unspecified atom stereocenters. The Labute approximate surface area is 148 Å². The minimum Gasteiger partial charge on any atom is -0.456 e. The minimum absolute atomic E-state index is 0.0261. The van der Waals surface area contributed by atoms with Crippen LogP contribution in [-0.2, 0) is 23.9 Å². The lowest BCUT2D eigenvalue weighted by atomic mass is 10.1. The molecule has 0 saturated carbocycles. The van der Waals surface area contributed by atoms with Crippen LogP contribution in [0.25, 0.3) is 4.96 Å². The molecule has 0 saturated heterocycles. The quantitative estimate of drug-likeness (QED) is 0.648. The molecule has 2 heterocycles. The number of halogens is 3. The van der Waals surface area contributed by atoms with Gasteiger partial charge in [-0.2, -0.15) is 22.8 Å². The van der Waals surface area contributed by atoms with E-state index >= 15 is 0 Å². The number of aromatic nitrogens is 3. The van der Waals surface area contributed by atoms with Crippen LogP contribution in [0.3, 0.4) is 0 Å². The van der Waals surface area contributed by atoms with Crippen LogP contribution in [0.5, 0.6) is 0 Å². The molecule has 0 atom stereocenters. The fraction of sp³-hybridized carbons (Fsp3) is 0.250. The number of hydrogen-bond acceptors (Lipinski definition) is 6. The summed E-state index contributed by atoms with van der Waals surface area (Å²) in [5.74, 6) is -0.806. The monoisotopic (exact) mass is 383 g/mol. The Balaban J connectivity index is 1.73. The number of esters is 1. The first kappa shape index (κ1) is 18.1. The molecule has 0 aliphatic carbocycles. The van der Waals surface area contributed by atoms with Crippen LogP contribution >= 0.6 is 11.3 Å². The van der Waals surface area contributed by atoms with Crippen LogP contribution in [0.2, 0.25) is 0 Å². The van der Waals surface area contributed by atoms with E-state index in [0.717, 1.165) is 29.3 Å². The second-order valence-corrected chi connectivity index (χ2v) is 6.32. The van der Waals surface area contributed by atoms with Crippen molar-refractivity contribution in [1.82, 2.24) is 14.6 Å². The second-order valence-electron chi connectivity index (χ2n) is 5.28. The van der Waals surface area contributed by atoms with Crippen LogP contribution < -0.4 is 5.56 Å². The van der Waals surface area contributed by atoms with E-state index in [9.17, 15) is 22.8 Å². The van der Waals surface area contributed by atoms with Gasteiger partial charge in [-0.1, -0.05) is 18.3 Å². The summed E-state index contributed by atoms with van der Waals surface area (Å²) in [5, 5.41) is 4.85. The summed E-state index contributed by atoms with van der Waals surface area (Å²) in [4.78, 5) is 28.5. The molecule has 6 nitrogen and oxygen atoms in total. The van der Waals surface area contributed by atoms with Crippen molar-refractivity contribution < 1.29 is 22.7 Å². The minimum atomic E-state index is -4.48. The number of hydrogen-bond donors (Lipinski definition) is 0. The van der Waals surface area contributed by atoms with E-state index in [1.54, 1.807) is 0 Å². The van der Waals surface area contributed by atoms with Crippen molar-refractivity contribution >= 4 is 22.3 Å². The molecule has 3 rings (SSSR count). The van der Waals surface area contributed by atoms with Gasteiger partial charge in [-0.05, 0) is 30.7 Å². The van der Waals surface area contributed by atoms with Gasteiger partial charge in [-0.25, -0.2) is 9.78 Å². The van der Waals surface area contributed by atoms with E-state index < -0.39 is 23.3 Å². The van der Waals surface area contributed by atoms with Crippen molar-refractivity contribution in [3.63, 3.8) is 0 Å². The lowest BCUT2D eigenvalue weighted by Crippen LogP contribution is -2.16. The summed E-state index contributed by atoms with van der Waals surface area (Å²) in [7, 11) is 0. The first-order valence-electron chi connectivity index (χ1n) is 7.51. The van der Waals surface area contributed by atoms with Crippen LogP contribution in [-0.4, -0.2) is 20.6 Å². The predicted molar refractivity (Wildman–Crippen MR) is 87.1 cm³/mol. The van der Waals surface area contributed by atoms with E-state index in [1.807, 2.05) is 6.92 Å². The fourth-order valence-corrected chi connectivity index (χ4v) is 2.99. The van der Waals surface area contributed by atoms with E-state index in [1.165, 1.54) is 21.9 Å². The molecule has 0 radical (unpaired) electrons. The molecule has 136 valence electrons. The maximum atomic E-state index is 12.5. The van der Waals surface area contributed by atoms with E-state index in [-0.39, 0.29) is 17.9 Å². The smallest absolute Gasteiger partial charge is 0.416 e. The summed E-state index contributed by atoms with van der Waals surface area (Å²) in [6.45, 7) is 1.63. The summed E-state index contributed by atoms with van der Waals surface area (Å²) >= 11 is 1.25. The van der Waals surface area contributed by atoms with E-state index in [2.05, 4.69) is 10.1 Å². The molecule has 0 aliphatic heterocycles. The zero-order valence-electron chi connectivity index (χ0n) is 13.4. The van der Waals surface area contributed by atoms with E-state index in [4.69, 9.17) is 4.74 Å². The van der Waals surface area contributed by atoms with Gasteiger partial charge in [0.05, 0.1) is 16.8 Å². The fourth-order valence-electron chi connectivity index (χ4n) is 2.13. The van der Waals surface area contributed by atoms with Gasteiger partial charge in [0, 0.05) is 6.07 Å². The highest BCUT2D eigenvalue weighted by molar-refractivity contribution is 7.16. The lowest BCUT2D eigenvalue weighted by molar-refractivity contribution is -0.137. The Morgan fingerprint density at radius 3 is 2.58 bits per heavy atom. The average molecular weight is 383 g/mol. The lowest BCUT2D eigenvalue weighted by Gasteiger charge is -2.08. The molecule has 2 aromatic heterocycles. The average Bonchev–Trinajstić information content (AvgIpc) is 3.03. The van der Waals surface area contributed by atoms with Gasteiger partial charge in [-0.3, -0.25) is 4.79 Å². The summed E-state index contributed by atoms with van der Waals surface area (Å²) in [6.07, 6.45) is -3.82. The molecule has 0 spiro atoms. The highest BCUT2D eigenvalue weighted by atomic mass is 32.1. The van der Waals surface area contributed by atoms with Crippen molar-refractivity contribution in [3.8, 4) is 0 Å². The number of carbonyl (C=O) groups is 1. The molecule has 0 N–H and O–H groups in total. The molecular weight excluding hydrogens is 371 g/mol. The number of carbonyl (C=O) groups excluding carboxylic acids is 1. The molecule has 0 bridgehead atoms. The molecule has 0 aliphatic rings. The molecule has 0 amide bonds.